The van der Waals surface area contributed by atoms with Gasteiger partial charge < -0.3 is 5.32 Å². The van der Waals surface area contributed by atoms with Gasteiger partial charge in [0.2, 0.25) is 0 Å². The van der Waals surface area contributed by atoms with E-state index in [1.807, 2.05) is 13.8 Å². The molecule has 0 bridgehead atoms. The third-order valence-corrected chi connectivity index (χ3v) is 3.76. The minimum absolute atomic E-state index is 0.537. The van der Waals surface area contributed by atoms with E-state index in [9.17, 15) is 0 Å². The highest BCUT2D eigenvalue weighted by Gasteiger charge is 2.08. The number of nitrogens with one attached hydrogen (secondary N) is 1. The van der Waals surface area contributed by atoms with Gasteiger partial charge in [0.1, 0.15) is 16.8 Å². The number of rotatable bonds is 5. The number of aromatic nitrogens is 2. The molecule has 0 amide bonds. The summed E-state index contributed by atoms with van der Waals surface area (Å²) in [5.74, 6) is 1.62. The van der Waals surface area contributed by atoms with Crippen LogP contribution in [0.15, 0.2) is 24.3 Å². The molecule has 106 valence electrons. The van der Waals surface area contributed by atoms with Gasteiger partial charge in [0.05, 0.1) is 0 Å². The Morgan fingerprint density at radius 1 is 1.15 bits per heavy atom. The third-order valence-electron chi connectivity index (χ3n) is 3.40. The first-order valence-electron chi connectivity index (χ1n) is 6.93. The number of anilines is 1. The van der Waals surface area contributed by atoms with Crippen LogP contribution in [0.25, 0.3) is 0 Å². The highest BCUT2D eigenvalue weighted by molar-refractivity contribution is 6.30. The summed E-state index contributed by atoms with van der Waals surface area (Å²) in [5, 5.41) is 3.91. The highest BCUT2D eigenvalue weighted by atomic mass is 35.5. The van der Waals surface area contributed by atoms with E-state index in [1.165, 1.54) is 11.1 Å². The minimum Gasteiger partial charge on any atom is -0.369 e. The fourth-order valence-electron chi connectivity index (χ4n) is 2.07. The summed E-state index contributed by atoms with van der Waals surface area (Å²) in [4.78, 5) is 8.75. The lowest BCUT2D eigenvalue weighted by Gasteiger charge is -2.11. The van der Waals surface area contributed by atoms with Gasteiger partial charge in [-0.25, -0.2) is 9.97 Å². The van der Waals surface area contributed by atoms with E-state index >= 15 is 0 Å². The van der Waals surface area contributed by atoms with Gasteiger partial charge in [-0.05, 0) is 31.4 Å². The molecule has 0 fully saturated rings. The molecule has 2 rings (SSSR count). The lowest BCUT2D eigenvalue weighted by Crippen LogP contribution is -2.10. The second-order valence-corrected chi connectivity index (χ2v) is 5.22. The van der Waals surface area contributed by atoms with Crippen molar-refractivity contribution in [3.05, 3.63) is 51.9 Å². The Bertz CT molecular complexity index is 596. The maximum absolute atomic E-state index is 6.13. The second kappa shape index (κ2) is 6.71. The van der Waals surface area contributed by atoms with Crippen molar-refractivity contribution < 1.29 is 0 Å². The van der Waals surface area contributed by atoms with Crippen LogP contribution in [0.3, 0.4) is 0 Å². The number of aryl methyl sites for hydroxylation is 2. The Morgan fingerprint density at radius 3 is 2.60 bits per heavy atom. The first-order valence-corrected chi connectivity index (χ1v) is 7.31. The summed E-state index contributed by atoms with van der Waals surface area (Å²) in [6.07, 6.45) is 1.75. The van der Waals surface area contributed by atoms with Crippen LogP contribution in [-0.2, 0) is 12.8 Å². The SMILES string of the molecule is CCc1nc(Cl)c(C)c(NCCc2ccccc2C)n1. The Morgan fingerprint density at radius 2 is 1.90 bits per heavy atom. The summed E-state index contributed by atoms with van der Waals surface area (Å²) in [7, 11) is 0. The molecule has 4 heteroatoms. The molecule has 0 saturated heterocycles. The molecule has 0 radical (unpaired) electrons. The molecule has 1 N–H and O–H groups in total. The molecule has 0 saturated carbocycles. The van der Waals surface area contributed by atoms with Crippen LogP contribution < -0.4 is 5.32 Å². The van der Waals surface area contributed by atoms with Crippen molar-refractivity contribution in [2.24, 2.45) is 0 Å². The fourth-order valence-corrected chi connectivity index (χ4v) is 2.26. The van der Waals surface area contributed by atoms with Crippen molar-refractivity contribution >= 4 is 17.4 Å². The summed E-state index contributed by atoms with van der Waals surface area (Å²) >= 11 is 6.13. The minimum atomic E-state index is 0.537. The van der Waals surface area contributed by atoms with Gasteiger partial charge in [0.15, 0.2) is 0 Å². The molecule has 0 aliphatic rings. The van der Waals surface area contributed by atoms with Crippen molar-refractivity contribution in [1.82, 2.24) is 9.97 Å². The van der Waals surface area contributed by atoms with Crippen LogP contribution in [-0.4, -0.2) is 16.5 Å². The van der Waals surface area contributed by atoms with Crippen molar-refractivity contribution in [1.29, 1.82) is 0 Å². The molecule has 1 aromatic carbocycles. The Hall–Kier alpha value is -1.61. The molecule has 2 aromatic rings. The molecular formula is C16H20ClN3. The molecule has 0 aliphatic heterocycles. The van der Waals surface area contributed by atoms with E-state index in [4.69, 9.17) is 11.6 Å². The largest absolute Gasteiger partial charge is 0.369 e. The number of halogens is 1. The predicted molar refractivity (Wildman–Crippen MR) is 84.5 cm³/mol. The topological polar surface area (TPSA) is 37.8 Å². The van der Waals surface area contributed by atoms with Crippen LogP contribution in [0.5, 0.6) is 0 Å². The van der Waals surface area contributed by atoms with Crippen molar-refractivity contribution in [2.75, 3.05) is 11.9 Å². The second-order valence-electron chi connectivity index (χ2n) is 4.86. The standard InChI is InChI=1S/C16H20ClN3/c1-4-14-19-15(17)12(3)16(20-14)18-10-9-13-8-6-5-7-11(13)2/h5-8H,4,9-10H2,1-3H3,(H,18,19,20). The summed E-state index contributed by atoms with van der Waals surface area (Å²) in [6, 6.07) is 8.43. The average molecular weight is 290 g/mol. The molecular weight excluding hydrogens is 270 g/mol. The molecule has 3 nitrogen and oxygen atoms in total. The monoisotopic (exact) mass is 289 g/mol. The van der Waals surface area contributed by atoms with Crippen molar-refractivity contribution in [3.8, 4) is 0 Å². The molecule has 1 heterocycles. The maximum Gasteiger partial charge on any atom is 0.137 e. The van der Waals surface area contributed by atoms with Crippen molar-refractivity contribution in [3.63, 3.8) is 0 Å². The molecule has 20 heavy (non-hydrogen) atoms. The summed E-state index contributed by atoms with van der Waals surface area (Å²) < 4.78 is 0. The van der Waals surface area contributed by atoms with Crippen molar-refractivity contribution in [2.45, 2.75) is 33.6 Å². The van der Waals surface area contributed by atoms with Gasteiger partial charge in [-0.3, -0.25) is 0 Å². The molecule has 0 atom stereocenters. The van der Waals surface area contributed by atoms with E-state index in [2.05, 4.69) is 46.5 Å². The highest BCUT2D eigenvalue weighted by Crippen LogP contribution is 2.20. The van der Waals surface area contributed by atoms with Gasteiger partial charge in [-0.2, -0.15) is 0 Å². The number of hydrogen-bond acceptors (Lipinski definition) is 3. The van der Waals surface area contributed by atoms with Gasteiger partial charge in [-0.15, -0.1) is 0 Å². The molecule has 0 unspecified atom stereocenters. The lowest BCUT2D eigenvalue weighted by molar-refractivity contribution is 0.914. The number of nitrogens with zero attached hydrogens (tertiary/aromatic N) is 2. The van der Waals surface area contributed by atoms with Crippen LogP contribution >= 0.6 is 11.6 Å². The third kappa shape index (κ3) is 3.48. The van der Waals surface area contributed by atoms with Gasteiger partial charge in [0, 0.05) is 18.5 Å². The summed E-state index contributed by atoms with van der Waals surface area (Å²) in [5.41, 5.74) is 3.59. The maximum atomic E-state index is 6.13. The van der Waals surface area contributed by atoms with Gasteiger partial charge in [0.25, 0.3) is 0 Å². The number of benzene rings is 1. The van der Waals surface area contributed by atoms with Gasteiger partial charge in [-0.1, -0.05) is 42.8 Å². The van der Waals surface area contributed by atoms with Crippen LogP contribution in [0.4, 0.5) is 5.82 Å². The fraction of sp³-hybridized carbons (Fsp3) is 0.375. The molecule has 0 spiro atoms. The predicted octanol–water partition coefficient (Wildman–Crippen LogP) is 3.96. The smallest absolute Gasteiger partial charge is 0.137 e. The summed E-state index contributed by atoms with van der Waals surface area (Å²) in [6.45, 7) is 6.94. The van der Waals surface area contributed by atoms with Crippen LogP contribution in [0.2, 0.25) is 5.15 Å². The first kappa shape index (κ1) is 14.8. The first-order chi connectivity index (χ1) is 9.61. The molecule has 0 aliphatic carbocycles. The number of hydrogen-bond donors (Lipinski definition) is 1. The quantitative estimate of drug-likeness (QED) is 0.847. The van der Waals surface area contributed by atoms with E-state index in [1.54, 1.807) is 0 Å². The zero-order valence-corrected chi connectivity index (χ0v) is 13.0. The van der Waals surface area contributed by atoms with Crippen LogP contribution in [0, 0.1) is 13.8 Å². The zero-order valence-electron chi connectivity index (χ0n) is 12.2. The van der Waals surface area contributed by atoms with Crippen LogP contribution in [0.1, 0.15) is 29.4 Å². The van der Waals surface area contributed by atoms with E-state index in [0.717, 1.165) is 36.6 Å². The molecule has 1 aromatic heterocycles. The Balaban J connectivity index is 2.04. The average Bonchev–Trinajstić information content (AvgIpc) is 2.45. The Kier molecular flexibility index (Phi) is 4.96. The normalized spacial score (nSPS) is 10.6. The van der Waals surface area contributed by atoms with E-state index < -0.39 is 0 Å². The van der Waals surface area contributed by atoms with E-state index in [0.29, 0.717) is 5.15 Å². The zero-order chi connectivity index (χ0) is 14.5. The Labute approximate surface area is 125 Å². The van der Waals surface area contributed by atoms with E-state index in [-0.39, 0.29) is 0 Å². The van der Waals surface area contributed by atoms with Gasteiger partial charge >= 0.3 is 0 Å². The lowest BCUT2D eigenvalue weighted by atomic mass is 10.1.